The molecule has 0 radical (unpaired) electrons. The third-order valence-corrected chi connectivity index (χ3v) is 3.62. The largest absolute Gasteiger partial charge is 0.508 e. The zero-order chi connectivity index (χ0) is 15.1. The lowest BCUT2D eigenvalue weighted by atomic mass is 10.1. The number of unbranched alkanes of at least 4 members (excludes halogenated alkanes) is 5. The van der Waals surface area contributed by atoms with Gasteiger partial charge in [0.1, 0.15) is 18.1 Å². The van der Waals surface area contributed by atoms with Crippen LogP contribution in [0.15, 0.2) is 24.0 Å². The standard InChI is InChI=1S/C17H24O4/c1-2-3-4-5-6-7-10-20-16-12-21-15-11-13(18)8-9-14(15)17(16)19/h8-9,11,18-19H,2-7,10,12H2,1H3. The first-order valence-electron chi connectivity index (χ1n) is 7.73. The lowest BCUT2D eigenvalue weighted by molar-refractivity contribution is 0.153. The minimum absolute atomic E-state index is 0.113. The molecule has 0 spiro atoms. The van der Waals surface area contributed by atoms with Crippen LogP contribution in [-0.2, 0) is 4.74 Å². The molecule has 0 fully saturated rings. The van der Waals surface area contributed by atoms with E-state index in [9.17, 15) is 10.2 Å². The predicted molar refractivity (Wildman–Crippen MR) is 82.5 cm³/mol. The summed E-state index contributed by atoms with van der Waals surface area (Å²) in [6, 6.07) is 4.65. The molecule has 2 N–H and O–H groups in total. The molecular formula is C17H24O4. The first-order valence-corrected chi connectivity index (χ1v) is 7.73. The van der Waals surface area contributed by atoms with Crippen molar-refractivity contribution in [3.63, 3.8) is 0 Å². The molecule has 4 nitrogen and oxygen atoms in total. The third-order valence-electron chi connectivity index (χ3n) is 3.62. The van der Waals surface area contributed by atoms with Crippen molar-refractivity contribution >= 4 is 5.76 Å². The van der Waals surface area contributed by atoms with Crippen molar-refractivity contribution in [2.45, 2.75) is 45.4 Å². The van der Waals surface area contributed by atoms with Crippen LogP contribution in [-0.4, -0.2) is 23.4 Å². The van der Waals surface area contributed by atoms with Crippen LogP contribution in [0.3, 0.4) is 0 Å². The summed E-state index contributed by atoms with van der Waals surface area (Å²) in [6.45, 7) is 3.01. The Kier molecular flexibility index (Phi) is 5.78. The van der Waals surface area contributed by atoms with Gasteiger partial charge in [-0.25, -0.2) is 0 Å². The van der Waals surface area contributed by atoms with Crippen LogP contribution in [0.1, 0.15) is 51.0 Å². The van der Waals surface area contributed by atoms with E-state index in [0.717, 1.165) is 12.8 Å². The molecule has 4 heteroatoms. The fourth-order valence-corrected chi connectivity index (χ4v) is 2.38. The zero-order valence-corrected chi connectivity index (χ0v) is 12.6. The van der Waals surface area contributed by atoms with E-state index in [1.165, 1.54) is 37.8 Å². The average Bonchev–Trinajstić information content (AvgIpc) is 2.48. The molecule has 1 aliphatic heterocycles. The van der Waals surface area contributed by atoms with Crippen LogP contribution in [0.5, 0.6) is 11.5 Å². The van der Waals surface area contributed by atoms with Crippen LogP contribution in [0.25, 0.3) is 5.76 Å². The molecule has 21 heavy (non-hydrogen) atoms. The number of rotatable bonds is 8. The van der Waals surface area contributed by atoms with Crippen molar-refractivity contribution in [3.05, 3.63) is 29.5 Å². The molecule has 1 heterocycles. The van der Waals surface area contributed by atoms with Gasteiger partial charge < -0.3 is 19.7 Å². The lowest BCUT2D eigenvalue weighted by Gasteiger charge is -2.21. The van der Waals surface area contributed by atoms with Gasteiger partial charge in [-0.05, 0) is 18.6 Å². The summed E-state index contributed by atoms with van der Waals surface area (Å²) >= 11 is 0. The molecule has 2 rings (SSSR count). The van der Waals surface area contributed by atoms with E-state index >= 15 is 0 Å². The number of fused-ring (bicyclic) bond motifs is 1. The number of aromatic hydroxyl groups is 1. The van der Waals surface area contributed by atoms with Gasteiger partial charge in [0.15, 0.2) is 11.5 Å². The van der Waals surface area contributed by atoms with E-state index in [1.807, 2.05) is 0 Å². The van der Waals surface area contributed by atoms with Crippen molar-refractivity contribution < 1.29 is 19.7 Å². The van der Waals surface area contributed by atoms with Gasteiger partial charge in [-0.15, -0.1) is 0 Å². The molecule has 0 bridgehead atoms. The quantitative estimate of drug-likeness (QED) is 0.698. The topological polar surface area (TPSA) is 58.9 Å². The molecule has 0 saturated heterocycles. The molecule has 0 atom stereocenters. The van der Waals surface area contributed by atoms with Crippen LogP contribution in [0.4, 0.5) is 0 Å². The van der Waals surface area contributed by atoms with Crippen LogP contribution in [0, 0.1) is 0 Å². The number of aliphatic hydroxyl groups excluding tert-OH is 1. The van der Waals surface area contributed by atoms with Gasteiger partial charge in [0.2, 0.25) is 0 Å². The first-order chi connectivity index (χ1) is 10.2. The maximum atomic E-state index is 10.2. The molecule has 1 aliphatic rings. The van der Waals surface area contributed by atoms with Crippen molar-refractivity contribution in [1.82, 2.24) is 0 Å². The highest BCUT2D eigenvalue weighted by molar-refractivity contribution is 5.69. The van der Waals surface area contributed by atoms with Crippen molar-refractivity contribution in [1.29, 1.82) is 0 Å². The number of benzene rings is 1. The van der Waals surface area contributed by atoms with Crippen LogP contribution < -0.4 is 4.74 Å². The van der Waals surface area contributed by atoms with E-state index in [0.29, 0.717) is 23.7 Å². The Labute approximate surface area is 126 Å². The molecule has 1 aromatic rings. The van der Waals surface area contributed by atoms with E-state index in [1.54, 1.807) is 6.07 Å². The smallest absolute Gasteiger partial charge is 0.176 e. The summed E-state index contributed by atoms with van der Waals surface area (Å²) in [4.78, 5) is 0. The minimum atomic E-state index is 0.113. The predicted octanol–water partition coefficient (Wildman–Crippen LogP) is 4.39. The number of ether oxygens (including phenoxy) is 2. The molecule has 0 amide bonds. The Bertz CT molecular complexity index is 494. The second kappa shape index (κ2) is 7.81. The van der Waals surface area contributed by atoms with Crippen molar-refractivity contribution in [3.8, 4) is 11.5 Å². The highest BCUT2D eigenvalue weighted by Crippen LogP contribution is 2.34. The Morgan fingerprint density at radius 2 is 1.86 bits per heavy atom. The molecule has 0 unspecified atom stereocenters. The van der Waals surface area contributed by atoms with Gasteiger partial charge >= 0.3 is 0 Å². The molecule has 1 aromatic carbocycles. The van der Waals surface area contributed by atoms with Gasteiger partial charge in [0.05, 0.1) is 12.2 Å². The Hall–Kier alpha value is -1.84. The Morgan fingerprint density at radius 1 is 1.10 bits per heavy atom. The number of phenolic OH excluding ortho intramolecular Hbond substituents is 1. The molecule has 0 aromatic heterocycles. The summed E-state index contributed by atoms with van der Waals surface area (Å²) in [5.74, 6) is 1.20. The van der Waals surface area contributed by atoms with Gasteiger partial charge in [0, 0.05) is 6.07 Å². The second-order valence-electron chi connectivity index (χ2n) is 5.36. The van der Waals surface area contributed by atoms with Gasteiger partial charge in [0.25, 0.3) is 0 Å². The van der Waals surface area contributed by atoms with Crippen LogP contribution >= 0.6 is 0 Å². The third kappa shape index (κ3) is 4.31. The first kappa shape index (κ1) is 15.5. The molecule has 116 valence electrons. The summed E-state index contributed by atoms with van der Waals surface area (Å²) < 4.78 is 11.1. The molecule has 0 saturated carbocycles. The number of phenols is 1. The van der Waals surface area contributed by atoms with E-state index in [2.05, 4.69) is 6.92 Å². The Morgan fingerprint density at radius 3 is 2.67 bits per heavy atom. The maximum absolute atomic E-state index is 10.2. The normalized spacial score (nSPS) is 13.8. The second-order valence-corrected chi connectivity index (χ2v) is 5.36. The zero-order valence-electron chi connectivity index (χ0n) is 12.6. The molecule has 0 aliphatic carbocycles. The monoisotopic (exact) mass is 292 g/mol. The van der Waals surface area contributed by atoms with Gasteiger partial charge in [-0.1, -0.05) is 39.0 Å². The summed E-state index contributed by atoms with van der Waals surface area (Å²) in [5, 5.41) is 19.6. The fourth-order valence-electron chi connectivity index (χ4n) is 2.38. The minimum Gasteiger partial charge on any atom is -0.508 e. The fraction of sp³-hybridized carbons (Fsp3) is 0.529. The summed E-state index contributed by atoms with van der Waals surface area (Å²) in [5.41, 5.74) is 0.567. The van der Waals surface area contributed by atoms with E-state index in [4.69, 9.17) is 9.47 Å². The average molecular weight is 292 g/mol. The van der Waals surface area contributed by atoms with Crippen molar-refractivity contribution in [2.75, 3.05) is 13.2 Å². The van der Waals surface area contributed by atoms with Crippen LogP contribution in [0.2, 0.25) is 0 Å². The van der Waals surface area contributed by atoms with Crippen molar-refractivity contribution in [2.24, 2.45) is 0 Å². The van der Waals surface area contributed by atoms with Gasteiger partial charge in [-0.2, -0.15) is 0 Å². The summed E-state index contributed by atoms with van der Waals surface area (Å²) in [7, 11) is 0. The SMILES string of the molecule is CCCCCCCCOC1=C(O)c2ccc(O)cc2OC1. The number of hydrogen-bond acceptors (Lipinski definition) is 4. The molecular weight excluding hydrogens is 268 g/mol. The lowest BCUT2D eigenvalue weighted by Crippen LogP contribution is -2.14. The number of aliphatic hydroxyl groups is 1. The van der Waals surface area contributed by atoms with Gasteiger partial charge in [-0.3, -0.25) is 0 Å². The highest BCUT2D eigenvalue weighted by Gasteiger charge is 2.21. The van der Waals surface area contributed by atoms with E-state index in [-0.39, 0.29) is 18.1 Å². The summed E-state index contributed by atoms with van der Waals surface area (Å²) in [6.07, 6.45) is 7.21. The van der Waals surface area contributed by atoms with E-state index < -0.39 is 0 Å². The number of hydrogen-bond donors (Lipinski definition) is 2. The Balaban J connectivity index is 1.81. The highest BCUT2D eigenvalue weighted by atomic mass is 16.5. The maximum Gasteiger partial charge on any atom is 0.176 e.